The van der Waals surface area contributed by atoms with E-state index in [1.54, 1.807) is 32.6 Å². The number of carbonyl (C=O) groups is 3. The number of rotatable bonds is 7. The smallest absolute Gasteiger partial charge is 0.408 e. The fourth-order valence-electron chi connectivity index (χ4n) is 4.33. The van der Waals surface area contributed by atoms with Crippen LogP contribution >= 0.6 is 0 Å². The highest BCUT2D eigenvalue weighted by Crippen LogP contribution is 2.38. The molecule has 194 valence electrons. The number of aryl methyl sites for hydroxylation is 3. The van der Waals surface area contributed by atoms with Crippen LogP contribution in [0.25, 0.3) is 0 Å². The van der Waals surface area contributed by atoms with Gasteiger partial charge in [0.05, 0.1) is 0 Å². The number of benzene rings is 2. The van der Waals surface area contributed by atoms with Crippen LogP contribution in [0, 0.1) is 27.7 Å². The lowest BCUT2D eigenvalue weighted by Gasteiger charge is -2.35. The van der Waals surface area contributed by atoms with Crippen molar-refractivity contribution < 1.29 is 19.1 Å². The Morgan fingerprint density at radius 2 is 1.50 bits per heavy atom. The quantitative estimate of drug-likeness (QED) is 0.533. The van der Waals surface area contributed by atoms with E-state index < -0.39 is 23.8 Å². The molecular weight excluding hydrogens is 454 g/mol. The molecule has 2 aromatic rings. The van der Waals surface area contributed by atoms with Crippen LogP contribution in [0.15, 0.2) is 36.4 Å². The Kier molecular flexibility index (Phi) is 8.12. The minimum atomic E-state index is -0.860. The van der Waals surface area contributed by atoms with E-state index >= 15 is 0 Å². The Hall–Kier alpha value is -3.35. The molecule has 0 spiro atoms. The molecule has 2 unspecified atom stereocenters. The fraction of sp³-hybridized carbons (Fsp3) is 0.483. The SMILES string of the molecule is Cc1cccc(C(C(=O)Nc2c(C)cccc2C)N(C(=O)C(C)NC(=O)OC(C)(C)C)C2CC2)c1C. The second kappa shape index (κ2) is 10.7. The highest BCUT2D eigenvalue weighted by Gasteiger charge is 2.43. The zero-order valence-corrected chi connectivity index (χ0v) is 22.7. The fourth-order valence-corrected chi connectivity index (χ4v) is 4.33. The maximum atomic E-state index is 14.0. The van der Waals surface area contributed by atoms with Crippen LogP contribution in [0.3, 0.4) is 0 Å². The van der Waals surface area contributed by atoms with Crippen LogP contribution in [-0.4, -0.2) is 40.5 Å². The lowest BCUT2D eigenvalue weighted by molar-refractivity contribution is -0.141. The maximum Gasteiger partial charge on any atom is 0.408 e. The molecule has 0 aliphatic heterocycles. The number of ether oxygens (including phenoxy) is 1. The zero-order valence-electron chi connectivity index (χ0n) is 22.7. The number of nitrogens with one attached hydrogen (secondary N) is 2. The lowest BCUT2D eigenvalue weighted by Crippen LogP contribution is -2.52. The molecule has 0 heterocycles. The second-order valence-corrected chi connectivity index (χ2v) is 10.8. The van der Waals surface area contributed by atoms with Crippen molar-refractivity contribution in [3.05, 3.63) is 64.2 Å². The monoisotopic (exact) mass is 493 g/mol. The van der Waals surface area contributed by atoms with Gasteiger partial charge < -0.3 is 20.3 Å². The molecule has 7 nitrogen and oxygen atoms in total. The minimum absolute atomic E-state index is 0.0750. The number of anilines is 1. The van der Waals surface area contributed by atoms with Gasteiger partial charge in [-0.05, 0) is 96.0 Å². The summed E-state index contributed by atoms with van der Waals surface area (Å²) in [5.74, 6) is -0.586. The van der Waals surface area contributed by atoms with Crippen LogP contribution in [0.2, 0.25) is 0 Å². The predicted octanol–water partition coefficient (Wildman–Crippen LogP) is 5.50. The molecule has 2 atom stereocenters. The summed E-state index contributed by atoms with van der Waals surface area (Å²) in [6, 6.07) is 9.89. The molecular formula is C29H39N3O4. The summed E-state index contributed by atoms with van der Waals surface area (Å²) in [6.07, 6.45) is 0.952. The van der Waals surface area contributed by atoms with E-state index in [0.717, 1.165) is 46.3 Å². The van der Waals surface area contributed by atoms with Gasteiger partial charge in [0.1, 0.15) is 17.7 Å². The lowest BCUT2D eigenvalue weighted by atomic mass is 9.94. The molecule has 1 fully saturated rings. The Morgan fingerprint density at radius 3 is 2.06 bits per heavy atom. The van der Waals surface area contributed by atoms with Crippen LogP contribution in [0.4, 0.5) is 10.5 Å². The summed E-state index contributed by atoms with van der Waals surface area (Å²) >= 11 is 0. The Morgan fingerprint density at radius 1 is 0.944 bits per heavy atom. The van der Waals surface area contributed by atoms with Crippen molar-refractivity contribution in [3.8, 4) is 0 Å². The average Bonchev–Trinajstić information content (AvgIpc) is 3.60. The maximum absolute atomic E-state index is 14.0. The van der Waals surface area contributed by atoms with Gasteiger partial charge in [-0.2, -0.15) is 0 Å². The second-order valence-electron chi connectivity index (χ2n) is 10.8. The van der Waals surface area contributed by atoms with E-state index in [4.69, 9.17) is 4.74 Å². The van der Waals surface area contributed by atoms with E-state index in [2.05, 4.69) is 10.6 Å². The molecule has 1 aliphatic rings. The Balaban J connectivity index is 1.99. The third-order valence-electron chi connectivity index (χ3n) is 6.50. The number of amides is 3. The molecule has 3 rings (SSSR count). The number of carbonyl (C=O) groups excluding carboxylic acids is 3. The first-order chi connectivity index (χ1) is 16.8. The average molecular weight is 494 g/mol. The molecule has 1 saturated carbocycles. The normalized spacial score (nSPS) is 15.0. The summed E-state index contributed by atoms with van der Waals surface area (Å²) < 4.78 is 5.35. The first-order valence-electron chi connectivity index (χ1n) is 12.5. The first kappa shape index (κ1) is 27.2. The molecule has 0 bridgehead atoms. The topological polar surface area (TPSA) is 87.7 Å². The van der Waals surface area contributed by atoms with Crippen LogP contribution in [0.1, 0.15) is 74.4 Å². The van der Waals surface area contributed by atoms with E-state index in [0.29, 0.717) is 0 Å². The van der Waals surface area contributed by atoms with Gasteiger partial charge in [-0.1, -0.05) is 36.4 Å². The van der Waals surface area contributed by atoms with Crippen LogP contribution < -0.4 is 10.6 Å². The summed E-state index contributed by atoms with van der Waals surface area (Å²) in [5, 5.41) is 5.76. The van der Waals surface area contributed by atoms with E-state index in [9.17, 15) is 14.4 Å². The third-order valence-corrected chi connectivity index (χ3v) is 6.50. The van der Waals surface area contributed by atoms with Crippen LogP contribution in [0.5, 0.6) is 0 Å². The Bertz CT molecular complexity index is 1130. The van der Waals surface area contributed by atoms with Crippen molar-refractivity contribution in [1.29, 1.82) is 0 Å². The van der Waals surface area contributed by atoms with Gasteiger partial charge in [0.15, 0.2) is 0 Å². The van der Waals surface area contributed by atoms with E-state index in [1.165, 1.54) is 0 Å². The third kappa shape index (κ3) is 6.45. The van der Waals surface area contributed by atoms with E-state index in [-0.39, 0.29) is 17.9 Å². The number of hydrogen-bond acceptors (Lipinski definition) is 4. The van der Waals surface area contributed by atoms with Gasteiger partial charge in [-0.3, -0.25) is 9.59 Å². The Labute approximate surface area is 214 Å². The highest BCUT2D eigenvalue weighted by molar-refractivity contribution is 6.00. The molecule has 0 radical (unpaired) electrons. The largest absolute Gasteiger partial charge is 0.444 e. The molecule has 0 saturated heterocycles. The van der Waals surface area contributed by atoms with Gasteiger partial charge in [0, 0.05) is 11.7 Å². The summed E-state index contributed by atoms with van der Waals surface area (Å²) in [7, 11) is 0. The number of alkyl carbamates (subject to hydrolysis) is 1. The van der Waals surface area contributed by atoms with Crippen molar-refractivity contribution in [2.75, 3.05) is 5.32 Å². The molecule has 36 heavy (non-hydrogen) atoms. The van der Waals surface area contributed by atoms with Gasteiger partial charge in [-0.25, -0.2) is 4.79 Å². The van der Waals surface area contributed by atoms with Crippen molar-refractivity contribution in [1.82, 2.24) is 10.2 Å². The van der Waals surface area contributed by atoms with Gasteiger partial charge in [0.25, 0.3) is 5.91 Å². The molecule has 1 aliphatic carbocycles. The number of para-hydroxylation sites is 1. The molecule has 3 amide bonds. The van der Waals surface area contributed by atoms with Gasteiger partial charge in [0.2, 0.25) is 5.91 Å². The summed E-state index contributed by atoms with van der Waals surface area (Å²) in [6.45, 7) is 14.8. The standard InChI is InChI=1S/C29H39N3O4/c1-17-11-10-14-23(20(17)4)25(26(33)31-24-18(2)12-9-13-19(24)3)32(22-15-16-22)27(34)21(5)30-28(35)36-29(6,7)8/h9-14,21-22,25H,15-16H2,1-8H3,(H,30,35)(H,31,33). The molecule has 2 N–H and O–H groups in total. The highest BCUT2D eigenvalue weighted by atomic mass is 16.6. The minimum Gasteiger partial charge on any atom is -0.444 e. The zero-order chi connectivity index (χ0) is 26.8. The van der Waals surface area contributed by atoms with E-state index in [1.807, 2.05) is 64.1 Å². The van der Waals surface area contributed by atoms with Crippen molar-refractivity contribution in [3.63, 3.8) is 0 Å². The molecule has 7 heteroatoms. The first-order valence-corrected chi connectivity index (χ1v) is 12.5. The van der Waals surface area contributed by atoms with Gasteiger partial charge >= 0.3 is 6.09 Å². The van der Waals surface area contributed by atoms with Crippen LogP contribution in [-0.2, 0) is 14.3 Å². The number of hydrogen-bond donors (Lipinski definition) is 2. The van der Waals surface area contributed by atoms with Crippen molar-refractivity contribution >= 4 is 23.6 Å². The molecule has 2 aromatic carbocycles. The predicted molar refractivity (Wildman–Crippen MR) is 142 cm³/mol. The summed E-state index contributed by atoms with van der Waals surface area (Å²) in [4.78, 5) is 41.8. The molecule has 0 aromatic heterocycles. The number of nitrogens with zero attached hydrogens (tertiary/aromatic N) is 1. The summed E-state index contributed by atoms with van der Waals surface area (Å²) in [5.41, 5.74) is 4.75. The van der Waals surface area contributed by atoms with Gasteiger partial charge in [-0.15, -0.1) is 0 Å². The van der Waals surface area contributed by atoms with Crippen molar-refractivity contribution in [2.24, 2.45) is 0 Å². The van der Waals surface area contributed by atoms with Crippen molar-refractivity contribution in [2.45, 2.75) is 92.0 Å².